The highest BCUT2D eigenvalue weighted by Crippen LogP contribution is 2.25. The number of rotatable bonds is 6. The third-order valence-electron chi connectivity index (χ3n) is 4.12. The van der Waals surface area contributed by atoms with Gasteiger partial charge in [0.25, 0.3) is 0 Å². The van der Waals surface area contributed by atoms with E-state index in [1.165, 1.54) is 0 Å². The average molecular weight is 405 g/mol. The standard InChI is InChI=1S/C19H22Cl2N6/c1-3-22-19(24-13(2)15-8-7-14(20)12-16(15)21)23-10-9-18-26-25-17-6-4-5-11-27(17)18/h4-8,11-13H,3,9-10H2,1-2H3,(H2,22,23,24). The molecular weight excluding hydrogens is 383 g/mol. The SMILES string of the molecule is CCNC(=NCCc1nnc2ccccn12)NC(C)c1ccc(Cl)cc1Cl. The monoisotopic (exact) mass is 404 g/mol. The van der Waals surface area contributed by atoms with Crippen molar-refractivity contribution in [2.45, 2.75) is 26.3 Å². The van der Waals surface area contributed by atoms with Gasteiger partial charge in [0.2, 0.25) is 0 Å². The van der Waals surface area contributed by atoms with Gasteiger partial charge in [-0.15, -0.1) is 10.2 Å². The first-order chi connectivity index (χ1) is 13.1. The van der Waals surface area contributed by atoms with Crippen molar-refractivity contribution < 1.29 is 0 Å². The second kappa shape index (κ2) is 9.06. The molecule has 0 saturated carbocycles. The fourth-order valence-corrected chi connectivity index (χ4v) is 3.36. The number of halogens is 2. The van der Waals surface area contributed by atoms with Crippen LogP contribution in [0, 0.1) is 0 Å². The van der Waals surface area contributed by atoms with Gasteiger partial charge in [0.15, 0.2) is 11.6 Å². The summed E-state index contributed by atoms with van der Waals surface area (Å²) >= 11 is 12.3. The molecule has 3 rings (SSSR count). The lowest BCUT2D eigenvalue weighted by Crippen LogP contribution is -2.39. The minimum Gasteiger partial charge on any atom is -0.357 e. The first-order valence-electron chi connectivity index (χ1n) is 8.87. The van der Waals surface area contributed by atoms with Crippen LogP contribution in [-0.2, 0) is 6.42 Å². The number of aliphatic imine (C=N–C) groups is 1. The molecule has 2 aromatic heterocycles. The van der Waals surface area contributed by atoms with E-state index in [0.29, 0.717) is 23.0 Å². The molecule has 0 aliphatic rings. The third-order valence-corrected chi connectivity index (χ3v) is 4.68. The summed E-state index contributed by atoms with van der Waals surface area (Å²) in [5.74, 6) is 1.61. The highest BCUT2D eigenvalue weighted by Gasteiger charge is 2.12. The number of nitrogens with zero attached hydrogens (tertiary/aromatic N) is 4. The molecule has 27 heavy (non-hydrogen) atoms. The summed E-state index contributed by atoms with van der Waals surface area (Å²) in [5.41, 5.74) is 1.81. The van der Waals surface area contributed by atoms with Crippen molar-refractivity contribution in [3.63, 3.8) is 0 Å². The number of aromatic nitrogens is 3. The van der Waals surface area contributed by atoms with E-state index in [1.807, 2.05) is 54.8 Å². The Kier molecular flexibility index (Phi) is 6.53. The molecule has 6 nitrogen and oxygen atoms in total. The zero-order valence-electron chi connectivity index (χ0n) is 15.3. The molecule has 142 valence electrons. The van der Waals surface area contributed by atoms with Crippen LogP contribution in [0.4, 0.5) is 0 Å². The number of guanidine groups is 1. The van der Waals surface area contributed by atoms with E-state index in [4.69, 9.17) is 23.2 Å². The Hall–Kier alpha value is -2.31. The van der Waals surface area contributed by atoms with Crippen LogP contribution >= 0.6 is 23.2 Å². The second-order valence-electron chi connectivity index (χ2n) is 6.09. The summed E-state index contributed by atoms with van der Waals surface area (Å²) in [5, 5.41) is 16.3. The Balaban J connectivity index is 1.67. The molecule has 0 bridgehead atoms. The van der Waals surface area contributed by atoms with Crippen LogP contribution in [0.15, 0.2) is 47.6 Å². The predicted octanol–water partition coefficient (Wildman–Crippen LogP) is 3.89. The van der Waals surface area contributed by atoms with Gasteiger partial charge >= 0.3 is 0 Å². The van der Waals surface area contributed by atoms with Gasteiger partial charge in [0.05, 0.1) is 6.04 Å². The van der Waals surface area contributed by atoms with Gasteiger partial charge in [0, 0.05) is 35.8 Å². The Bertz CT molecular complexity index is 937. The molecule has 0 fully saturated rings. The summed E-state index contributed by atoms with van der Waals surface area (Å²) in [7, 11) is 0. The van der Waals surface area contributed by atoms with Crippen molar-refractivity contribution in [1.29, 1.82) is 0 Å². The maximum absolute atomic E-state index is 6.31. The fourth-order valence-electron chi connectivity index (χ4n) is 2.78. The first kappa shape index (κ1) is 19.5. The molecule has 1 atom stereocenters. The molecule has 0 amide bonds. The molecule has 0 saturated heterocycles. The lowest BCUT2D eigenvalue weighted by molar-refractivity contribution is 0.685. The summed E-state index contributed by atoms with van der Waals surface area (Å²) < 4.78 is 1.98. The molecule has 2 N–H and O–H groups in total. The van der Waals surface area contributed by atoms with E-state index < -0.39 is 0 Å². The van der Waals surface area contributed by atoms with Crippen LogP contribution in [0.5, 0.6) is 0 Å². The molecule has 0 aliphatic heterocycles. The number of pyridine rings is 1. The van der Waals surface area contributed by atoms with Gasteiger partial charge in [0.1, 0.15) is 5.82 Å². The topological polar surface area (TPSA) is 66.6 Å². The van der Waals surface area contributed by atoms with Crippen LogP contribution in [0.2, 0.25) is 10.0 Å². The van der Waals surface area contributed by atoms with Gasteiger partial charge in [-0.1, -0.05) is 35.3 Å². The first-order valence-corrected chi connectivity index (χ1v) is 9.62. The van der Waals surface area contributed by atoms with Crippen molar-refractivity contribution in [3.8, 4) is 0 Å². The lowest BCUT2D eigenvalue weighted by Gasteiger charge is -2.19. The number of hydrogen-bond acceptors (Lipinski definition) is 3. The summed E-state index contributed by atoms with van der Waals surface area (Å²) in [4.78, 5) is 4.65. The van der Waals surface area contributed by atoms with Crippen LogP contribution < -0.4 is 10.6 Å². The van der Waals surface area contributed by atoms with Gasteiger partial charge in [-0.3, -0.25) is 9.39 Å². The molecule has 2 heterocycles. The quantitative estimate of drug-likeness (QED) is 0.482. The van der Waals surface area contributed by atoms with E-state index >= 15 is 0 Å². The molecule has 0 spiro atoms. The fraction of sp³-hybridized carbons (Fsp3) is 0.316. The van der Waals surface area contributed by atoms with E-state index in [0.717, 1.165) is 29.5 Å². The highest BCUT2D eigenvalue weighted by atomic mass is 35.5. The van der Waals surface area contributed by atoms with Crippen LogP contribution in [-0.4, -0.2) is 33.6 Å². The van der Waals surface area contributed by atoms with E-state index in [2.05, 4.69) is 25.8 Å². The maximum atomic E-state index is 6.31. The summed E-state index contributed by atoms with van der Waals surface area (Å²) in [6.07, 6.45) is 2.65. The van der Waals surface area contributed by atoms with Crippen LogP contribution in [0.25, 0.3) is 5.65 Å². The lowest BCUT2D eigenvalue weighted by atomic mass is 10.1. The molecule has 8 heteroatoms. The minimum absolute atomic E-state index is 0.0125. The zero-order valence-corrected chi connectivity index (χ0v) is 16.8. The average Bonchev–Trinajstić information content (AvgIpc) is 3.05. The predicted molar refractivity (Wildman–Crippen MR) is 111 cm³/mol. The number of hydrogen-bond donors (Lipinski definition) is 2. The third kappa shape index (κ3) is 4.90. The Morgan fingerprint density at radius 2 is 2.07 bits per heavy atom. The van der Waals surface area contributed by atoms with Crippen molar-refractivity contribution in [2.75, 3.05) is 13.1 Å². The number of nitrogens with one attached hydrogen (secondary N) is 2. The molecular formula is C19H22Cl2N6. The van der Waals surface area contributed by atoms with Gasteiger partial charge in [-0.05, 0) is 43.7 Å². The summed E-state index contributed by atoms with van der Waals surface area (Å²) in [6, 6.07) is 11.3. The van der Waals surface area contributed by atoms with Crippen molar-refractivity contribution in [2.24, 2.45) is 4.99 Å². The van der Waals surface area contributed by atoms with Crippen molar-refractivity contribution in [1.82, 2.24) is 25.2 Å². The summed E-state index contributed by atoms with van der Waals surface area (Å²) in [6.45, 7) is 5.42. The van der Waals surface area contributed by atoms with Crippen LogP contribution in [0.3, 0.4) is 0 Å². The molecule has 0 radical (unpaired) electrons. The molecule has 3 aromatic rings. The van der Waals surface area contributed by atoms with Crippen molar-refractivity contribution >= 4 is 34.8 Å². The van der Waals surface area contributed by atoms with Gasteiger partial charge < -0.3 is 10.6 Å². The Morgan fingerprint density at radius 3 is 2.85 bits per heavy atom. The maximum Gasteiger partial charge on any atom is 0.191 e. The normalized spacial score (nSPS) is 13.0. The van der Waals surface area contributed by atoms with Gasteiger partial charge in [-0.25, -0.2) is 0 Å². The van der Waals surface area contributed by atoms with Gasteiger partial charge in [-0.2, -0.15) is 0 Å². The smallest absolute Gasteiger partial charge is 0.191 e. The van der Waals surface area contributed by atoms with Crippen molar-refractivity contribution in [3.05, 3.63) is 64.0 Å². The van der Waals surface area contributed by atoms with E-state index in [9.17, 15) is 0 Å². The Morgan fingerprint density at radius 1 is 1.22 bits per heavy atom. The van der Waals surface area contributed by atoms with E-state index in [1.54, 1.807) is 6.07 Å². The molecule has 0 aliphatic carbocycles. The highest BCUT2D eigenvalue weighted by molar-refractivity contribution is 6.35. The largest absolute Gasteiger partial charge is 0.357 e. The number of benzene rings is 1. The minimum atomic E-state index is -0.0125. The van der Waals surface area contributed by atoms with E-state index in [-0.39, 0.29) is 6.04 Å². The number of fused-ring (bicyclic) bond motifs is 1. The van der Waals surface area contributed by atoms with Crippen LogP contribution in [0.1, 0.15) is 31.3 Å². The molecule has 1 unspecified atom stereocenters. The Labute approximate surface area is 168 Å². The molecule has 1 aromatic carbocycles. The second-order valence-corrected chi connectivity index (χ2v) is 6.93. The zero-order chi connectivity index (χ0) is 19.2.